The molecular weight excluding hydrogens is 488 g/mol. The Hall–Kier alpha value is -4.10. The minimum Gasteiger partial charge on any atom is -0.388 e. The Kier molecular flexibility index (Phi) is 7.47. The van der Waals surface area contributed by atoms with Gasteiger partial charge in [-0.1, -0.05) is 60.7 Å². The summed E-state index contributed by atoms with van der Waals surface area (Å²) in [4.78, 5) is 25.1. The molecule has 198 valence electrons. The summed E-state index contributed by atoms with van der Waals surface area (Å²) >= 11 is 0. The molecule has 2 heterocycles. The highest BCUT2D eigenvalue weighted by molar-refractivity contribution is 5.84. The van der Waals surface area contributed by atoms with Gasteiger partial charge < -0.3 is 30.5 Å². The molecule has 1 saturated carbocycles. The first-order valence-electron chi connectivity index (χ1n) is 12.3. The Morgan fingerprint density at radius 1 is 1.03 bits per heavy atom. The first-order chi connectivity index (χ1) is 18.5. The molecule has 1 aliphatic rings. The number of anilines is 2. The molecule has 1 fully saturated rings. The Bertz CT molecular complexity index is 1340. The maximum atomic E-state index is 11.7. The van der Waals surface area contributed by atoms with Gasteiger partial charge in [-0.05, 0) is 17.5 Å². The van der Waals surface area contributed by atoms with E-state index in [1.165, 1.54) is 6.33 Å². The number of hydrogen-bond donors (Lipinski definition) is 7. The zero-order valence-electron chi connectivity index (χ0n) is 20.5. The topological polar surface area (TPSA) is 183 Å². The molecule has 5 rings (SSSR count). The van der Waals surface area contributed by atoms with E-state index in [2.05, 4.69) is 55.3 Å². The van der Waals surface area contributed by atoms with Crippen LogP contribution in [-0.2, 0) is 4.79 Å². The van der Waals surface area contributed by atoms with Gasteiger partial charge in [-0.2, -0.15) is 9.97 Å². The SMILES string of the molecule is NNc1nc(NCC(c2ccccc2)c2ccccc2)c2ncn([C@@H]3C[C@H](NC(=O)CO)[C@@H](O)[C@H]3O)c2n1. The van der Waals surface area contributed by atoms with Crippen LogP contribution in [0.1, 0.15) is 29.5 Å². The standard InChI is InChI=1S/C26H30N8O4/c27-33-26-31-24(28-12-17(15-7-3-1-4-8-15)16-9-5-2-6-10-16)21-25(32-26)34(14-29-21)19-11-18(22(37)23(19)38)30-20(36)13-35/h1-10,14,17-19,22-23,35,37-38H,11-13,27H2,(H,30,36)(H2,28,31,32,33)/t18-,19+,22+,23-/m0/s1. The predicted molar refractivity (Wildman–Crippen MR) is 141 cm³/mol. The molecule has 38 heavy (non-hydrogen) atoms. The second-order valence-electron chi connectivity index (χ2n) is 9.24. The van der Waals surface area contributed by atoms with Crippen LogP contribution in [0.4, 0.5) is 11.8 Å². The number of nitrogen functional groups attached to an aromatic ring is 1. The van der Waals surface area contributed by atoms with E-state index in [0.29, 0.717) is 23.5 Å². The molecular formula is C26H30N8O4. The van der Waals surface area contributed by atoms with E-state index in [-0.39, 0.29) is 18.3 Å². The molecule has 2 aromatic heterocycles. The Morgan fingerprint density at radius 2 is 1.68 bits per heavy atom. The van der Waals surface area contributed by atoms with Crippen molar-refractivity contribution in [2.24, 2.45) is 5.84 Å². The summed E-state index contributed by atoms with van der Waals surface area (Å²) in [6.45, 7) is -0.199. The maximum absolute atomic E-state index is 11.7. The van der Waals surface area contributed by atoms with Crippen LogP contribution in [-0.4, -0.2) is 72.1 Å². The number of aliphatic hydroxyl groups excluding tert-OH is 3. The highest BCUT2D eigenvalue weighted by Crippen LogP contribution is 2.34. The fraction of sp³-hybridized carbons (Fsp3) is 0.308. The van der Waals surface area contributed by atoms with E-state index in [0.717, 1.165) is 11.1 Å². The van der Waals surface area contributed by atoms with E-state index in [1.807, 2.05) is 36.4 Å². The van der Waals surface area contributed by atoms with Crippen molar-refractivity contribution in [1.82, 2.24) is 24.8 Å². The third kappa shape index (κ3) is 5.02. The Balaban J connectivity index is 1.46. The second kappa shape index (κ2) is 11.1. The van der Waals surface area contributed by atoms with Crippen LogP contribution in [0.5, 0.6) is 0 Å². The van der Waals surface area contributed by atoms with Gasteiger partial charge in [-0.3, -0.25) is 10.2 Å². The summed E-state index contributed by atoms with van der Waals surface area (Å²) in [6.07, 6.45) is -0.690. The molecule has 4 aromatic rings. The molecule has 0 spiro atoms. The number of nitrogens with two attached hydrogens (primary N) is 1. The Morgan fingerprint density at radius 3 is 2.29 bits per heavy atom. The molecule has 0 saturated heterocycles. The summed E-state index contributed by atoms with van der Waals surface area (Å²) in [6, 6.07) is 18.9. The average Bonchev–Trinajstić information content (AvgIpc) is 3.50. The summed E-state index contributed by atoms with van der Waals surface area (Å²) in [5, 5.41) is 36.3. The molecule has 8 N–H and O–H groups in total. The number of benzene rings is 2. The van der Waals surface area contributed by atoms with Gasteiger partial charge in [0.25, 0.3) is 0 Å². The maximum Gasteiger partial charge on any atom is 0.246 e. The molecule has 0 aliphatic heterocycles. The second-order valence-corrected chi connectivity index (χ2v) is 9.24. The van der Waals surface area contributed by atoms with Gasteiger partial charge in [0.1, 0.15) is 18.8 Å². The highest BCUT2D eigenvalue weighted by Gasteiger charge is 2.43. The van der Waals surface area contributed by atoms with E-state index in [9.17, 15) is 15.0 Å². The third-order valence-corrected chi connectivity index (χ3v) is 6.93. The van der Waals surface area contributed by atoms with Crippen LogP contribution in [0.2, 0.25) is 0 Å². The van der Waals surface area contributed by atoms with Gasteiger partial charge in [0.2, 0.25) is 11.9 Å². The van der Waals surface area contributed by atoms with Crippen molar-refractivity contribution in [3.8, 4) is 0 Å². The molecule has 1 aliphatic carbocycles. The number of aromatic nitrogens is 4. The van der Waals surface area contributed by atoms with Crippen molar-refractivity contribution < 1.29 is 20.1 Å². The van der Waals surface area contributed by atoms with Gasteiger partial charge in [0, 0.05) is 12.5 Å². The van der Waals surface area contributed by atoms with E-state index in [4.69, 9.17) is 10.9 Å². The largest absolute Gasteiger partial charge is 0.388 e. The number of rotatable bonds is 9. The van der Waals surface area contributed by atoms with Crippen LogP contribution in [0.25, 0.3) is 11.2 Å². The molecule has 2 aromatic carbocycles. The normalized spacial score (nSPS) is 21.1. The molecule has 4 atom stereocenters. The van der Waals surface area contributed by atoms with Crippen molar-refractivity contribution >= 4 is 28.8 Å². The van der Waals surface area contributed by atoms with Gasteiger partial charge in [-0.25, -0.2) is 10.8 Å². The molecule has 0 unspecified atom stereocenters. The molecule has 1 amide bonds. The van der Waals surface area contributed by atoms with Crippen molar-refractivity contribution in [3.05, 3.63) is 78.1 Å². The van der Waals surface area contributed by atoms with Crippen LogP contribution in [0.3, 0.4) is 0 Å². The van der Waals surface area contributed by atoms with Crippen molar-refractivity contribution in [3.63, 3.8) is 0 Å². The summed E-state index contributed by atoms with van der Waals surface area (Å²) in [5.74, 6) is 5.67. The third-order valence-electron chi connectivity index (χ3n) is 6.93. The number of nitrogens with one attached hydrogen (secondary N) is 3. The van der Waals surface area contributed by atoms with E-state index >= 15 is 0 Å². The fourth-order valence-corrected chi connectivity index (χ4v) is 5.02. The minimum atomic E-state index is -1.23. The lowest BCUT2D eigenvalue weighted by atomic mass is 9.91. The highest BCUT2D eigenvalue weighted by atomic mass is 16.3. The lowest BCUT2D eigenvalue weighted by Gasteiger charge is -2.20. The average molecular weight is 519 g/mol. The van der Waals surface area contributed by atoms with E-state index < -0.39 is 36.8 Å². The van der Waals surface area contributed by atoms with Crippen molar-refractivity contribution in [2.75, 3.05) is 23.9 Å². The van der Waals surface area contributed by atoms with Crippen LogP contribution in [0, 0.1) is 0 Å². The van der Waals surface area contributed by atoms with Gasteiger partial charge in [-0.15, -0.1) is 0 Å². The lowest BCUT2D eigenvalue weighted by molar-refractivity contribution is -0.125. The Labute approximate surface area is 218 Å². The number of hydrazine groups is 1. The smallest absolute Gasteiger partial charge is 0.246 e. The predicted octanol–water partition coefficient (Wildman–Crippen LogP) is 0.500. The monoisotopic (exact) mass is 518 g/mol. The zero-order valence-corrected chi connectivity index (χ0v) is 20.5. The number of nitrogens with zero attached hydrogens (tertiary/aromatic N) is 4. The van der Waals surface area contributed by atoms with Gasteiger partial charge in [0.05, 0.1) is 18.4 Å². The number of amides is 1. The minimum absolute atomic E-state index is 0.0292. The molecule has 0 bridgehead atoms. The van der Waals surface area contributed by atoms with Crippen molar-refractivity contribution in [2.45, 2.75) is 36.6 Å². The first kappa shape index (κ1) is 25.5. The summed E-state index contributed by atoms with van der Waals surface area (Å²) in [5.41, 5.74) is 5.62. The summed E-state index contributed by atoms with van der Waals surface area (Å²) < 4.78 is 1.65. The number of aliphatic hydroxyl groups is 3. The lowest BCUT2D eigenvalue weighted by Crippen LogP contribution is -2.44. The molecule has 12 nitrogen and oxygen atoms in total. The first-order valence-corrected chi connectivity index (χ1v) is 12.3. The molecule has 12 heteroatoms. The van der Waals surface area contributed by atoms with Crippen molar-refractivity contribution in [1.29, 1.82) is 0 Å². The summed E-state index contributed by atoms with van der Waals surface area (Å²) in [7, 11) is 0. The van der Waals surface area contributed by atoms with Crippen LogP contribution in [0.15, 0.2) is 67.0 Å². The van der Waals surface area contributed by atoms with Crippen LogP contribution < -0.4 is 21.9 Å². The number of carbonyl (C=O) groups excluding carboxylic acids is 1. The van der Waals surface area contributed by atoms with Gasteiger partial charge >= 0.3 is 0 Å². The number of fused-ring (bicyclic) bond motifs is 1. The van der Waals surface area contributed by atoms with Crippen LogP contribution >= 0.6 is 0 Å². The number of carbonyl (C=O) groups is 1. The van der Waals surface area contributed by atoms with Gasteiger partial charge in [0.15, 0.2) is 17.0 Å². The number of imidazole rings is 1. The zero-order chi connectivity index (χ0) is 26.6. The number of hydrogen-bond acceptors (Lipinski definition) is 10. The van der Waals surface area contributed by atoms with E-state index in [1.54, 1.807) is 4.57 Å². The quantitative estimate of drug-likeness (QED) is 0.122. The fourth-order valence-electron chi connectivity index (χ4n) is 5.02. The molecule has 0 radical (unpaired) electrons.